The van der Waals surface area contributed by atoms with Crippen LogP contribution in [-0.2, 0) is 21.9 Å². The summed E-state index contributed by atoms with van der Waals surface area (Å²) in [6.45, 7) is 4.61. The molecule has 2 aromatic rings. The molecule has 0 bridgehead atoms. The summed E-state index contributed by atoms with van der Waals surface area (Å²) in [4.78, 5) is 27.1. The molecule has 2 amide bonds. The number of carbonyl (C=O) groups excluding carboxylic acids is 2. The Morgan fingerprint density at radius 2 is 1.90 bits per heavy atom. The van der Waals surface area contributed by atoms with Crippen LogP contribution in [0.2, 0.25) is 0 Å². The fourth-order valence-electron chi connectivity index (χ4n) is 2.87. The van der Waals surface area contributed by atoms with Gasteiger partial charge in [0.05, 0.1) is 12.9 Å². The zero-order chi connectivity index (χ0) is 21.9. The summed E-state index contributed by atoms with van der Waals surface area (Å²) >= 11 is 1.44. The Bertz CT molecular complexity index is 829. The summed E-state index contributed by atoms with van der Waals surface area (Å²) in [7, 11) is 1.59. The molecule has 0 aromatic heterocycles. The fraction of sp³-hybridized carbons (Fsp3) is 0.391. The molecule has 7 heteroatoms. The maximum Gasteiger partial charge on any atom is 0.242 e. The summed E-state index contributed by atoms with van der Waals surface area (Å²) in [6.07, 6.45) is 0.829. The van der Waals surface area contributed by atoms with Crippen molar-refractivity contribution in [2.75, 3.05) is 19.4 Å². The quantitative estimate of drug-likeness (QED) is 0.583. The number of methoxy groups -OCH3 is 1. The second-order valence-electron chi connectivity index (χ2n) is 6.96. The second kappa shape index (κ2) is 12.2. The van der Waals surface area contributed by atoms with Gasteiger partial charge in [-0.15, -0.1) is 11.8 Å². The summed E-state index contributed by atoms with van der Waals surface area (Å²) in [5, 5.41) is 2.86. The van der Waals surface area contributed by atoms with Gasteiger partial charge in [-0.05, 0) is 48.7 Å². The van der Waals surface area contributed by atoms with Crippen LogP contribution < -0.4 is 10.1 Å². The van der Waals surface area contributed by atoms with Gasteiger partial charge in [0.2, 0.25) is 11.8 Å². The number of ether oxygens (including phenoxy) is 1. The van der Waals surface area contributed by atoms with Crippen LogP contribution in [0.25, 0.3) is 0 Å². The first-order valence-corrected chi connectivity index (χ1v) is 11.1. The molecule has 5 nitrogen and oxygen atoms in total. The molecule has 0 heterocycles. The standard InChI is InChI=1S/C23H29FN2O3S/c1-4-12-25-23(28)17(2)26(14-19-6-5-7-21(13-19)29-3)22(27)16-30-15-18-8-10-20(24)11-9-18/h5-11,13,17H,4,12,14-16H2,1-3H3,(H,25,28)/t17-/m1/s1. The highest BCUT2D eigenvalue weighted by molar-refractivity contribution is 7.99. The lowest BCUT2D eigenvalue weighted by Crippen LogP contribution is -2.48. The first kappa shape index (κ1) is 23.7. The molecule has 0 aliphatic heterocycles. The van der Waals surface area contributed by atoms with E-state index < -0.39 is 6.04 Å². The van der Waals surface area contributed by atoms with Crippen LogP contribution in [0, 0.1) is 5.82 Å². The van der Waals surface area contributed by atoms with E-state index in [2.05, 4.69) is 5.32 Å². The van der Waals surface area contributed by atoms with Crippen molar-refractivity contribution in [1.82, 2.24) is 10.2 Å². The second-order valence-corrected chi connectivity index (χ2v) is 7.95. The third-order valence-electron chi connectivity index (χ3n) is 4.61. The average Bonchev–Trinajstić information content (AvgIpc) is 2.76. The third kappa shape index (κ3) is 7.37. The molecule has 0 spiro atoms. The zero-order valence-corrected chi connectivity index (χ0v) is 18.5. The van der Waals surface area contributed by atoms with E-state index >= 15 is 0 Å². The van der Waals surface area contributed by atoms with Crippen LogP contribution in [0.4, 0.5) is 4.39 Å². The lowest BCUT2D eigenvalue weighted by molar-refractivity contribution is -0.138. The van der Waals surface area contributed by atoms with Gasteiger partial charge >= 0.3 is 0 Å². The van der Waals surface area contributed by atoms with Gasteiger partial charge in [-0.25, -0.2) is 4.39 Å². The minimum Gasteiger partial charge on any atom is -0.497 e. The molecule has 0 fully saturated rings. The van der Waals surface area contributed by atoms with Crippen LogP contribution in [0.1, 0.15) is 31.4 Å². The predicted molar refractivity (Wildman–Crippen MR) is 119 cm³/mol. The summed E-state index contributed by atoms with van der Waals surface area (Å²) < 4.78 is 18.3. The molecule has 2 aromatic carbocycles. The molecule has 2 rings (SSSR count). The Balaban J connectivity index is 2.06. The van der Waals surface area contributed by atoms with Gasteiger partial charge in [-0.2, -0.15) is 0 Å². The molecule has 30 heavy (non-hydrogen) atoms. The van der Waals surface area contributed by atoms with Gasteiger partial charge < -0.3 is 15.0 Å². The number of hydrogen-bond donors (Lipinski definition) is 1. The fourth-order valence-corrected chi connectivity index (χ4v) is 3.74. The van der Waals surface area contributed by atoms with Crippen LogP contribution >= 0.6 is 11.8 Å². The van der Waals surface area contributed by atoms with E-state index in [1.54, 1.807) is 31.1 Å². The van der Waals surface area contributed by atoms with Gasteiger partial charge in [-0.3, -0.25) is 9.59 Å². The van der Waals surface area contributed by atoms with Crippen LogP contribution in [0.15, 0.2) is 48.5 Å². The monoisotopic (exact) mass is 432 g/mol. The van der Waals surface area contributed by atoms with Crippen LogP contribution in [0.5, 0.6) is 5.75 Å². The van der Waals surface area contributed by atoms with Crippen LogP contribution in [0.3, 0.4) is 0 Å². The largest absolute Gasteiger partial charge is 0.497 e. The number of rotatable bonds is 11. The van der Waals surface area contributed by atoms with Gasteiger partial charge in [0.1, 0.15) is 17.6 Å². The Labute approximate surface area is 182 Å². The van der Waals surface area contributed by atoms with E-state index in [1.165, 1.54) is 23.9 Å². The van der Waals surface area contributed by atoms with Crippen LogP contribution in [-0.4, -0.2) is 42.2 Å². The van der Waals surface area contributed by atoms with Crippen molar-refractivity contribution in [2.24, 2.45) is 0 Å². The Morgan fingerprint density at radius 1 is 1.17 bits per heavy atom. The topological polar surface area (TPSA) is 58.6 Å². The predicted octanol–water partition coefficient (Wildman–Crippen LogP) is 4.01. The molecule has 1 N–H and O–H groups in total. The number of carbonyl (C=O) groups is 2. The maximum atomic E-state index is 13.0. The summed E-state index contributed by atoms with van der Waals surface area (Å²) in [6, 6.07) is 13.1. The molecule has 0 radical (unpaired) electrons. The van der Waals surface area contributed by atoms with Crippen molar-refractivity contribution in [2.45, 2.75) is 38.6 Å². The number of amides is 2. The molecule has 0 saturated carbocycles. The van der Waals surface area contributed by atoms with Gasteiger partial charge in [0, 0.05) is 18.8 Å². The maximum absolute atomic E-state index is 13.0. The van der Waals surface area contributed by atoms with Crippen molar-refractivity contribution < 1.29 is 18.7 Å². The van der Waals surface area contributed by atoms with E-state index in [4.69, 9.17) is 4.74 Å². The number of thioether (sulfide) groups is 1. The van der Waals surface area contributed by atoms with Gasteiger partial charge in [-0.1, -0.05) is 31.2 Å². The van der Waals surface area contributed by atoms with E-state index in [0.29, 0.717) is 24.6 Å². The first-order valence-electron chi connectivity index (χ1n) is 9.97. The number of nitrogens with one attached hydrogen (secondary N) is 1. The molecule has 162 valence electrons. The van der Waals surface area contributed by atoms with Crippen molar-refractivity contribution in [3.8, 4) is 5.75 Å². The highest BCUT2D eigenvalue weighted by Gasteiger charge is 2.25. The average molecular weight is 433 g/mol. The Morgan fingerprint density at radius 3 is 2.57 bits per heavy atom. The normalized spacial score (nSPS) is 11.6. The zero-order valence-electron chi connectivity index (χ0n) is 17.7. The van der Waals surface area contributed by atoms with E-state index in [0.717, 1.165) is 17.5 Å². The highest BCUT2D eigenvalue weighted by Crippen LogP contribution is 2.18. The molecule has 0 unspecified atom stereocenters. The Kier molecular flexibility index (Phi) is 9.67. The van der Waals surface area contributed by atoms with Crippen molar-refractivity contribution in [3.05, 3.63) is 65.5 Å². The van der Waals surface area contributed by atoms with Gasteiger partial charge in [0.15, 0.2) is 0 Å². The number of hydrogen-bond acceptors (Lipinski definition) is 4. The van der Waals surface area contributed by atoms with Crippen molar-refractivity contribution in [1.29, 1.82) is 0 Å². The van der Waals surface area contributed by atoms with E-state index in [1.807, 2.05) is 31.2 Å². The summed E-state index contributed by atoms with van der Waals surface area (Å²) in [5.74, 6) is 0.952. The molecular formula is C23H29FN2O3S. The smallest absolute Gasteiger partial charge is 0.242 e. The minimum absolute atomic E-state index is 0.121. The van der Waals surface area contributed by atoms with E-state index in [9.17, 15) is 14.0 Å². The number of halogens is 1. The van der Waals surface area contributed by atoms with Crippen molar-refractivity contribution >= 4 is 23.6 Å². The minimum atomic E-state index is -0.596. The molecule has 0 aliphatic carbocycles. The highest BCUT2D eigenvalue weighted by atomic mass is 32.2. The molecular weight excluding hydrogens is 403 g/mol. The lowest BCUT2D eigenvalue weighted by Gasteiger charge is -2.29. The SMILES string of the molecule is CCCNC(=O)[C@@H](C)N(Cc1cccc(OC)c1)C(=O)CSCc1ccc(F)cc1. The third-order valence-corrected chi connectivity index (χ3v) is 5.60. The molecule has 0 saturated heterocycles. The summed E-state index contributed by atoms with van der Waals surface area (Å²) in [5.41, 5.74) is 1.84. The lowest BCUT2D eigenvalue weighted by atomic mass is 10.1. The van der Waals surface area contributed by atoms with Crippen molar-refractivity contribution in [3.63, 3.8) is 0 Å². The number of benzene rings is 2. The first-order chi connectivity index (χ1) is 14.4. The Hall–Kier alpha value is -2.54. The number of nitrogens with zero attached hydrogens (tertiary/aromatic N) is 1. The molecule has 0 aliphatic rings. The van der Waals surface area contributed by atoms with E-state index in [-0.39, 0.29) is 23.4 Å². The van der Waals surface area contributed by atoms with Gasteiger partial charge in [0.25, 0.3) is 0 Å². The molecule has 1 atom stereocenters.